The highest BCUT2D eigenvalue weighted by atomic mass is 16.5. The molecular weight excluding hydrogens is 360 g/mol. The van der Waals surface area contributed by atoms with Crippen LogP contribution in [-0.2, 0) is 23.9 Å². The van der Waals surface area contributed by atoms with Crippen LogP contribution in [0.25, 0.3) is 0 Å². The van der Waals surface area contributed by atoms with Gasteiger partial charge in [0.2, 0.25) is 0 Å². The van der Waals surface area contributed by atoms with Crippen LogP contribution >= 0.6 is 0 Å². The standard InChI is InChI=1S/C22H32O6/c1-14(23)27-13-15-11-16(24)18-19(2,3)7-6-8-21(18,5)22(15)10-9-20(4,28-22)12-17(25)26/h11,18H,6-10,12-13H2,1-5H3,(H,25,26). The van der Waals surface area contributed by atoms with Crippen molar-refractivity contribution >= 4 is 17.7 Å². The minimum absolute atomic E-state index is 0.00691. The maximum absolute atomic E-state index is 13.2. The van der Waals surface area contributed by atoms with Crippen molar-refractivity contribution in [1.29, 1.82) is 0 Å². The molecule has 4 unspecified atom stereocenters. The van der Waals surface area contributed by atoms with E-state index >= 15 is 0 Å². The van der Waals surface area contributed by atoms with Gasteiger partial charge in [-0.2, -0.15) is 0 Å². The summed E-state index contributed by atoms with van der Waals surface area (Å²) in [6.45, 7) is 9.57. The second-order valence-electron chi connectivity index (χ2n) is 9.99. The molecule has 0 radical (unpaired) electrons. The van der Waals surface area contributed by atoms with Crippen LogP contribution in [-0.4, -0.2) is 40.6 Å². The van der Waals surface area contributed by atoms with Crippen LogP contribution in [0.5, 0.6) is 0 Å². The molecule has 1 aliphatic heterocycles. The number of esters is 1. The Balaban J connectivity index is 2.11. The predicted molar refractivity (Wildman–Crippen MR) is 103 cm³/mol. The normalized spacial score (nSPS) is 39.4. The second kappa shape index (κ2) is 6.68. The van der Waals surface area contributed by atoms with E-state index in [2.05, 4.69) is 20.8 Å². The van der Waals surface area contributed by atoms with Crippen molar-refractivity contribution in [2.75, 3.05) is 6.61 Å². The fourth-order valence-electron chi connectivity index (χ4n) is 6.31. The van der Waals surface area contributed by atoms with Crippen molar-refractivity contribution in [3.63, 3.8) is 0 Å². The maximum atomic E-state index is 13.2. The first-order valence-corrected chi connectivity index (χ1v) is 10.2. The zero-order chi connectivity index (χ0) is 21.0. The number of carboxylic acids is 1. The van der Waals surface area contributed by atoms with Crippen molar-refractivity contribution in [2.24, 2.45) is 16.7 Å². The summed E-state index contributed by atoms with van der Waals surface area (Å²) < 4.78 is 11.9. The number of carbonyl (C=O) groups excluding carboxylic acids is 2. The van der Waals surface area contributed by atoms with Gasteiger partial charge in [-0.05, 0) is 44.1 Å². The number of fused-ring (bicyclic) bond motifs is 2. The lowest BCUT2D eigenvalue weighted by molar-refractivity contribution is -0.197. The lowest BCUT2D eigenvalue weighted by atomic mass is 9.46. The number of rotatable bonds is 4. The van der Waals surface area contributed by atoms with Gasteiger partial charge in [0.25, 0.3) is 0 Å². The molecule has 1 saturated heterocycles. The first-order chi connectivity index (χ1) is 12.9. The predicted octanol–water partition coefficient (Wildman–Crippen LogP) is 3.67. The molecule has 0 amide bonds. The number of carbonyl (C=O) groups is 3. The number of allylic oxidation sites excluding steroid dienone is 1. The topological polar surface area (TPSA) is 89.9 Å². The average Bonchev–Trinajstić information content (AvgIpc) is 2.87. The molecule has 0 aromatic carbocycles. The Hall–Kier alpha value is -1.69. The number of ether oxygens (including phenoxy) is 2. The lowest BCUT2D eigenvalue weighted by Crippen LogP contribution is -2.63. The van der Waals surface area contributed by atoms with Crippen LogP contribution in [0, 0.1) is 16.7 Å². The van der Waals surface area contributed by atoms with Gasteiger partial charge in [0, 0.05) is 23.8 Å². The molecule has 0 aromatic heterocycles. The van der Waals surface area contributed by atoms with Gasteiger partial charge in [0.15, 0.2) is 5.78 Å². The van der Waals surface area contributed by atoms with Crippen LogP contribution in [0.3, 0.4) is 0 Å². The van der Waals surface area contributed by atoms with E-state index in [0.717, 1.165) is 19.3 Å². The van der Waals surface area contributed by atoms with Gasteiger partial charge in [0.1, 0.15) is 6.61 Å². The molecule has 0 bridgehead atoms. The fourth-order valence-corrected chi connectivity index (χ4v) is 6.31. The van der Waals surface area contributed by atoms with Gasteiger partial charge in [-0.1, -0.05) is 27.2 Å². The molecule has 156 valence electrons. The Morgan fingerprint density at radius 1 is 1.18 bits per heavy atom. The van der Waals surface area contributed by atoms with Crippen LogP contribution < -0.4 is 0 Å². The zero-order valence-electron chi connectivity index (χ0n) is 17.6. The van der Waals surface area contributed by atoms with Crippen LogP contribution in [0.2, 0.25) is 0 Å². The van der Waals surface area contributed by atoms with E-state index in [9.17, 15) is 19.5 Å². The molecule has 3 rings (SSSR count). The van der Waals surface area contributed by atoms with E-state index < -0.39 is 28.6 Å². The number of ketones is 1. The Kier molecular flexibility index (Phi) is 5.02. The summed E-state index contributed by atoms with van der Waals surface area (Å²) in [5, 5.41) is 9.37. The zero-order valence-corrected chi connectivity index (χ0v) is 17.6. The van der Waals surface area contributed by atoms with Gasteiger partial charge < -0.3 is 14.6 Å². The molecule has 3 aliphatic rings. The summed E-state index contributed by atoms with van der Waals surface area (Å²) in [5.74, 6) is -1.45. The van der Waals surface area contributed by atoms with E-state index in [1.165, 1.54) is 6.92 Å². The first-order valence-electron chi connectivity index (χ1n) is 10.2. The largest absolute Gasteiger partial charge is 0.481 e. The Bertz CT molecular complexity index is 737. The van der Waals surface area contributed by atoms with Gasteiger partial charge in [-0.25, -0.2) is 0 Å². The smallest absolute Gasteiger partial charge is 0.306 e. The molecule has 28 heavy (non-hydrogen) atoms. The highest BCUT2D eigenvalue weighted by molar-refractivity contribution is 5.95. The molecule has 6 nitrogen and oxygen atoms in total. The summed E-state index contributed by atoms with van der Waals surface area (Å²) in [5.41, 5.74) is -1.56. The van der Waals surface area contributed by atoms with Crippen molar-refractivity contribution in [1.82, 2.24) is 0 Å². The summed E-state index contributed by atoms with van der Waals surface area (Å²) >= 11 is 0. The summed E-state index contributed by atoms with van der Waals surface area (Å²) in [7, 11) is 0. The fraction of sp³-hybridized carbons (Fsp3) is 0.773. The molecule has 1 spiro atoms. The Morgan fingerprint density at radius 2 is 1.86 bits per heavy atom. The molecule has 1 heterocycles. The van der Waals surface area contributed by atoms with Crippen molar-refractivity contribution in [3.8, 4) is 0 Å². The Morgan fingerprint density at radius 3 is 2.46 bits per heavy atom. The van der Waals surface area contributed by atoms with Crippen molar-refractivity contribution in [2.45, 2.75) is 84.3 Å². The summed E-state index contributed by atoms with van der Waals surface area (Å²) in [6.07, 6.45) is 5.52. The minimum Gasteiger partial charge on any atom is -0.481 e. The molecule has 6 heteroatoms. The first kappa shape index (κ1) is 21.0. The average molecular weight is 392 g/mol. The van der Waals surface area contributed by atoms with Crippen LogP contribution in [0.1, 0.15) is 73.1 Å². The minimum atomic E-state index is -0.900. The number of carboxylic acid groups (broad SMARTS) is 1. The van der Waals surface area contributed by atoms with E-state index in [1.54, 1.807) is 6.08 Å². The van der Waals surface area contributed by atoms with Gasteiger partial charge in [-0.15, -0.1) is 0 Å². The SMILES string of the molecule is CC(=O)OCC1=CC(=O)C2C(C)(C)CCCC2(C)C12CCC(C)(CC(=O)O)O2. The van der Waals surface area contributed by atoms with Crippen molar-refractivity contribution in [3.05, 3.63) is 11.6 Å². The highest BCUT2D eigenvalue weighted by Gasteiger charge is 2.67. The summed E-state index contributed by atoms with van der Waals surface area (Å²) in [6, 6.07) is 0. The van der Waals surface area contributed by atoms with Gasteiger partial charge in [0.05, 0.1) is 17.6 Å². The maximum Gasteiger partial charge on any atom is 0.306 e. The molecule has 2 aliphatic carbocycles. The second-order valence-corrected chi connectivity index (χ2v) is 9.99. The van der Waals surface area contributed by atoms with E-state index in [1.807, 2.05) is 6.92 Å². The van der Waals surface area contributed by atoms with Gasteiger partial charge >= 0.3 is 11.9 Å². The molecule has 4 atom stereocenters. The molecular formula is C22H32O6. The Labute approximate surface area is 166 Å². The quantitative estimate of drug-likeness (QED) is 0.734. The number of hydrogen-bond donors (Lipinski definition) is 1. The molecule has 0 aromatic rings. The number of aliphatic carboxylic acids is 1. The third-order valence-electron chi connectivity index (χ3n) is 7.36. The van der Waals surface area contributed by atoms with Crippen LogP contribution in [0.4, 0.5) is 0 Å². The monoisotopic (exact) mass is 392 g/mol. The lowest BCUT2D eigenvalue weighted by Gasteiger charge is -2.60. The van der Waals surface area contributed by atoms with Gasteiger partial charge in [-0.3, -0.25) is 14.4 Å². The number of hydrogen-bond acceptors (Lipinski definition) is 5. The van der Waals surface area contributed by atoms with E-state index in [4.69, 9.17) is 9.47 Å². The third-order valence-corrected chi connectivity index (χ3v) is 7.36. The molecule has 1 N–H and O–H groups in total. The van der Waals surface area contributed by atoms with Crippen LogP contribution in [0.15, 0.2) is 11.6 Å². The molecule has 2 fully saturated rings. The van der Waals surface area contributed by atoms with E-state index in [0.29, 0.717) is 18.4 Å². The highest BCUT2D eigenvalue weighted by Crippen LogP contribution is 2.65. The van der Waals surface area contributed by atoms with Crippen molar-refractivity contribution < 1.29 is 29.0 Å². The molecule has 1 saturated carbocycles. The summed E-state index contributed by atoms with van der Waals surface area (Å²) in [4.78, 5) is 36.1. The van der Waals surface area contributed by atoms with E-state index in [-0.39, 0.29) is 30.1 Å². The third kappa shape index (κ3) is 3.19.